The quantitative estimate of drug-likeness (QED) is 0.349. The Morgan fingerprint density at radius 2 is 1.89 bits per heavy atom. The van der Waals surface area contributed by atoms with Gasteiger partial charge in [-0.25, -0.2) is 23.0 Å². The van der Waals surface area contributed by atoms with Gasteiger partial charge >= 0.3 is 7.82 Å². The first-order valence-electron chi connectivity index (χ1n) is 10.5. The fraction of sp³-hybridized carbons (Fsp3) is 0.474. The number of tetrazole rings is 1. The molecule has 35 heavy (non-hydrogen) atoms. The van der Waals surface area contributed by atoms with Crippen LogP contribution in [0.25, 0.3) is 11.6 Å². The van der Waals surface area contributed by atoms with E-state index in [1.165, 1.54) is 6.07 Å². The zero-order valence-corrected chi connectivity index (χ0v) is 19.8. The van der Waals surface area contributed by atoms with E-state index < -0.39 is 31.6 Å². The number of hydrogen-bond donors (Lipinski definition) is 4. The molecule has 16 heteroatoms. The number of nitrogens with zero attached hydrogens (tertiary/aromatic N) is 7. The molecule has 5 rings (SSSR count). The predicted octanol–water partition coefficient (Wildman–Crippen LogP) is 0.133. The lowest BCUT2D eigenvalue weighted by molar-refractivity contribution is -0.0534. The zero-order valence-electron chi connectivity index (χ0n) is 18.9. The van der Waals surface area contributed by atoms with Crippen molar-refractivity contribution in [1.82, 2.24) is 34.7 Å². The van der Waals surface area contributed by atoms with Gasteiger partial charge in [0.1, 0.15) is 17.7 Å². The lowest BCUT2D eigenvalue weighted by Gasteiger charge is -2.38. The standard InChI is InChI=1S/C19H22F2N8O.H3O4P/c1-27-16-8-29(7-15(16)23-18(27)19-24-25-26-28(19)2)11-6-14(22)17(30-9-11)12-5-10(20)3-4-13(12)21;1-5(2,3)4/h3-5,11,14,17H,6-9,22H2,1-2H3;(H3,1,2,3,4)/t11-,14+,17-;/m1./s1. The number of rotatable bonds is 3. The minimum atomic E-state index is -4.64. The van der Waals surface area contributed by atoms with Crippen molar-refractivity contribution in [1.29, 1.82) is 0 Å². The molecule has 1 saturated heterocycles. The van der Waals surface area contributed by atoms with Gasteiger partial charge < -0.3 is 29.7 Å². The Labute approximate surface area is 198 Å². The van der Waals surface area contributed by atoms with Gasteiger partial charge in [-0.1, -0.05) is 0 Å². The highest BCUT2D eigenvalue weighted by molar-refractivity contribution is 7.45. The van der Waals surface area contributed by atoms with Gasteiger partial charge in [0.2, 0.25) is 5.82 Å². The third-order valence-corrected chi connectivity index (χ3v) is 6.00. The van der Waals surface area contributed by atoms with Crippen LogP contribution in [0.2, 0.25) is 0 Å². The van der Waals surface area contributed by atoms with Gasteiger partial charge in [-0.3, -0.25) is 4.90 Å². The number of nitrogens with two attached hydrogens (primary N) is 1. The van der Waals surface area contributed by atoms with Crippen molar-refractivity contribution >= 4 is 7.82 Å². The van der Waals surface area contributed by atoms with Crippen molar-refractivity contribution in [2.45, 2.75) is 37.7 Å². The highest BCUT2D eigenvalue weighted by atomic mass is 31.2. The molecule has 13 nitrogen and oxygen atoms in total. The number of aromatic nitrogens is 6. The summed E-state index contributed by atoms with van der Waals surface area (Å²) in [6.45, 7) is 1.75. The molecular formula is C19H25F2N8O5P. The van der Waals surface area contributed by atoms with Crippen LogP contribution in [0.3, 0.4) is 0 Å². The number of imidazole rings is 1. The fourth-order valence-electron chi connectivity index (χ4n) is 4.38. The highest BCUT2D eigenvalue weighted by Crippen LogP contribution is 2.35. The predicted molar refractivity (Wildman–Crippen MR) is 116 cm³/mol. The van der Waals surface area contributed by atoms with E-state index in [0.29, 0.717) is 31.9 Å². The molecular weight excluding hydrogens is 489 g/mol. The third-order valence-electron chi connectivity index (χ3n) is 6.00. The van der Waals surface area contributed by atoms with Gasteiger partial charge in [0.15, 0.2) is 5.82 Å². The number of phosphoric acid groups is 1. The van der Waals surface area contributed by atoms with E-state index in [-0.39, 0.29) is 11.6 Å². The van der Waals surface area contributed by atoms with Crippen LogP contribution in [0.4, 0.5) is 8.78 Å². The summed E-state index contributed by atoms with van der Waals surface area (Å²) >= 11 is 0. The normalized spacial score (nSPS) is 22.6. The summed E-state index contributed by atoms with van der Waals surface area (Å²) in [5.41, 5.74) is 8.56. The summed E-state index contributed by atoms with van der Waals surface area (Å²) in [6, 6.07) is 3.01. The lowest BCUT2D eigenvalue weighted by atomic mass is 9.93. The molecule has 3 atom stereocenters. The first-order valence-corrected chi connectivity index (χ1v) is 12.1. The molecule has 0 bridgehead atoms. The van der Waals surface area contributed by atoms with Crippen LogP contribution in [0.5, 0.6) is 0 Å². The van der Waals surface area contributed by atoms with Crippen molar-refractivity contribution in [2.24, 2.45) is 19.8 Å². The smallest absolute Gasteiger partial charge is 0.370 e. The van der Waals surface area contributed by atoms with Crippen molar-refractivity contribution in [2.75, 3.05) is 6.61 Å². The van der Waals surface area contributed by atoms with E-state index in [1.807, 2.05) is 11.6 Å². The van der Waals surface area contributed by atoms with Crippen LogP contribution in [0, 0.1) is 11.6 Å². The summed E-state index contributed by atoms with van der Waals surface area (Å²) in [5.74, 6) is 0.338. The minimum Gasteiger partial charge on any atom is -0.370 e. The maximum Gasteiger partial charge on any atom is 0.466 e. The molecule has 1 fully saturated rings. The van der Waals surface area contributed by atoms with Gasteiger partial charge in [0.25, 0.3) is 0 Å². The molecule has 3 aromatic rings. The highest BCUT2D eigenvalue weighted by Gasteiger charge is 2.38. The Balaban J connectivity index is 0.000000527. The van der Waals surface area contributed by atoms with Gasteiger partial charge in [0.05, 0.1) is 18.0 Å². The molecule has 0 unspecified atom stereocenters. The van der Waals surface area contributed by atoms with Crippen molar-refractivity contribution in [3.05, 3.63) is 46.8 Å². The second-order valence-corrected chi connectivity index (χ2v) is 9.43. The number of hydrogen-bond acceptors (Lipinski definition) is 8. The minimum absolute atomic E-state index is 0.0713. The lowest BCUT2D eigenvalue weighted by Crippen LogP contribution is -2.47. The second kappa shape index (κ2) is 9.78. The molecule has 2 aliphatic rings. The monoisotopic (exact) mass is 514 g/mol. The number of halogens is 2. The van der Waals surface area contributed by atoms with E-state index in [0.717, 1.165) is 29.3 Å². The Morgan fingerprint density at radius 3 is 2.49 bits per heavy atom. The molecule has 1 aromatic carbocycles. The van der Waals surface area contributed by atoms with E-state index in [4.69, 9.17) is 34.7 Å². The Morgan fingerprint density at radius 1 is 1.17 bits per heavy atom. The average Bonchev–Trinajstić information content (AvgIpc) is 3.45. The Bertz CT molecular complexity index is 1260. The van der Waals surface area contributed by atoms with Crippen molar-refractivity contribution < 1.29 is 32.8 Å². The van der Waals surface area contributed by atoms with Gasteiger partial charge in [-0.2, -0.15) is 0 Å². The summed E-state index contributed by atoms with van der Waals surface area (Å²) < 4.78 is 46.1. The largest absolute Gasteiger partial charge is 0.466 e. The first kappa shape index (κ1) is 25.4. The maximum absolute atomic E-state index is 14.2. The van der Waals surface area contributed by atoms with Gasteiger partial charge in [-0.05, 0) is 35.0 Å². The molecule has 0 amide bonds. The molecule has 5 N–H and O–H groups in total. The van der Waals surface area contributed by atoms with Crippen LogP contribution in [0.1, 0.15) is 29.5 Å². The summed E-state index contributed by atoms with van der Waals surface area (Å²) in [7, 11) is -0.911. The molecule has 2 aliphatic heterocycles. The molecule has 2 aromatic heterocycles. The van der Waals surface area contributed by atoms with Crippen LogP contribution in [0.15, 0.2) is 18.2 Å². The molecule has 0 saturated carbocycles. The van der Waals surface area contributed by atoms with Crippen LogP contribution in [-0.2, 0) is 36.5 Å². The maximum atomic E-state index is 14.2. The van der Waals surface area contributed by atoms with E-state index >= 15 is 0 Å². The second-order valence-electron chi connectivity index (χ2n) is 8.41. The fourth-order valence-corrected chi connectivity index (χ4v) is 4.38. The Hall–Kier alpha value is -2.65. The van der Waals surface area contributed by atoms with Crippen molar-refractivity contribution in [3.8, 4) is 11.6 Å². The SMILES string of the molecule is Cn1nnnc1-c1nc2c(n1C)CN([C@H]1CO[C@H](c3cc(F)ccc3F)[C@@H](N)C1)C2.O=P(O)(O)O. The summed E-state index contributed by atoms with van der Waals surface area (Å²) in [5, 5.41) is 11.6. The summed E-state index contributed by atoms with van der Waals surface area (Å²) in [4.78, 5) is 28.6. The van der Waals surface area contributed by atoms with E-state index in [2.05, 4.69) is 20.4 Å². The molecule has 4 heterocycles. The Kier molecular flexibility index (Phi) is 7.11. The van der Waals surface area contributed by atoms with Gasteiger partial charge in [-0.15, -0.1) is 5.10 Å². The first-order chi connectivity index (χ1) is 16.4. The topological polar surface area (TPSA) is 178 Å². The number of fused-ring (bicyclic) bond motifs is 1. The van der Waals surface area contributed by atoms with Crippen LogP contribution < -0.4 is 5.73 Å². The number of benzene rings is 1. The van der Waals surface area contributed by atoms with E-state index in [9.17, 15) is 8.78 Å². The molecule has 0 spiro atoms. The number of ether oxygens (including phenoxy) is 1. The van der Waals surface area contributed by atoms with E-state index in [1.54, 1.807) is 11.7 Å². The van der Waals surface area contributed by atoms with Gasteiger partial charge in [0, 0.05) is 44.8 Å². The third kappa shape index (κ3) is 5.62. The van der Waals surface area contributed by atoms with Crippen LogP contribution in [-0.4, -0.2) is 68.0 Å². The zero-order chi connectivity index (χ0) is 25.5. The molecule has 0 aliphatic carbocycles. The molecule has 190 valence electrons. The van der Waals surface area contributed by atoms with Crippen molar-refractivity contribution in [3.63, 3.8) is 0 Å². The number of aryl methyl sites for hydroxylation is 1. The van der Waals surface area contributed by atoms with Crippen LogP contribution >= 0.6 is 7.82 Å². The summed E-state index contributed by atoms with van der Waals surface area (Å²) in [6.07, 6.45) is -0.0376. The molecule has 0 radical (unpaired) electrons. The average molecular weight is 514 g/mol.